The Morgan fingerprint density at radius 3 is 2.41 bits per heavy atom. The SMILES string of the molecule is C[C@@H]1C[C@@H](OC(=O)c2ccccc2)[C@H](O)[C@@H]1O. The molecule has 4 nitrogen and oxygen atoms in total. The van der Waals surface area contributed by atoms with Crippen LogP contribution < -0.4 is 0 Å². The fourth-order valence-corrected chi connectivity index (χ4v) is 2.10. The summed E-state index contributed by atoms with van der Waals surface area (Å²) < 4.78 is 5.20. The van der Waals surface area contributed by atoms with Crippen LogP contribution in [0.25, 0.3) is 0 Å². The summed E-state index contributed by atoms with van der Waals surface area (Å²) in [5.41, 5.74) is 0.453. The van der Waals surface area contributed by atoms with Gasteiger partial charge in [-0.3, -0.25) is 0 Å². The molecule has 92 valence electrons. The second-order valence-corrected chi connectivity index (χ2v) is 4.50. The number of rotatable bonds is 2. The van der Waals surface area contributed by atoms with Gasteiger partial charge in [-0.05, 0) is 24.5 Å². The largest absolute Gasteiger partial charge is 0.456 e. The lowest BCUT2D eigenvalue weighted by Gasteiger charge is -2.17. The van der Waals surface area contributed by atoms with E-state index in [2.05, 4.69) is 0 Å². The van der Waals surface area contributed by atoms with Crippen LogP contribution >= 0.6 is 0 Å². The molecule has 4 atom stereocenters. The van der Waals surface area contributed by atoms with Crippen molar-refractivity contribution in [2.24, 2.45) is 5.92 Å². The Bertz CT molecular complexity index is 390. The molecule has 0 aliphatic heterocycles. The molecular formula is C13H16O4. The fourth-order valence-electron chi connectivity index (χ4n) is 2.10. The van der Waals surface area contributed by atoms with Gasteiger partial charge in [-0.2, -0.15) is 0 Å². The number of ether oxygens (including phenoxy) is 1. The second-order valence-electron chi connectivity index (χ2n) is 4.50. The first kappa shape index (κ1) is 12.1. The molecule has 0 radical (unpaired) electrons. The Morgan fingerprint density at radius 2 is 1.88 bits per heavy atom. The zero-order chi connectivity index (χ0) is 12.4. The summed E-state index contributed by atoms with van der Waals surface area (Å²) in [6.45, 7) is 1.82. The monoisotopic (exact) mass is 236 g/mol. The summed E-state index contributed by atoms with van der Waals surface area (Å²) in [5, 5.41) is 19.3. The highest BCUT2D eigenvalue weighted by Gasteiger charge is 2.41. The van der Waals surface area contributed by atoms with Gasteiger partial charge in [-0.15, -0.1) is 0 Å². The van der Waals surface area contributed by atoms with Crippen LogP contribution in [0.1, 0.15) is 23.7 Å². The van der Waals surface area contributed by atoms with Crippen LogP contribution in [0, 0.1) is 5.92 Å². The van der Waals surface area contributed by atoms with Crippen molar-refractivity contribution in [2.75, 3.05) is 0 Å². The second kappa shape index (κ2) is 4.85. The first-order chi connectivity index (χ1) is 8.09. The van der Waals surface area contributed by atoms with Crippen molar-refractivity contribution in [1.82, 2.24) is 0 Å². The van der Waals surface area contributed by atoms with Gasteiger partial charge >= 0.3 is 5.97 Å². The van der Waals surface area contributed by atoms with Gasteiger partial charge < -0.3 is 14.9 Å². The molecule has 0 amide bonds. The molecule has 0 aromatic heterocycles. The van der Waals surface area contributed by atoms with Gasteiger partial charge in [0.2, 0.25) is 0 Å². The predicted molar refractivity (Wildman–Crippen MR) is 61.4 cm³/mol. The number of aliphatic hydroxyl groups is 2. The van der Waals surface area contributed by atoms with Gasteiger partial charge in [-0.1, -0.05) is 25.1 Å². The van der Waals surface area contributed by atoms with E-state index >= 15 is 0 Å². The van der Waals surface area contributed by atoms with Gasteiger partial charge in [0.25, 0.3) is 0 Å². The highest BCUT2D eigenvalue weighted by Crippen LogP contribution is 2.28. The summed E-state index contributed by atoms with van der Waals surface area (Å²) >= 11 is 0. The predicted octanol–water partition coefficient (Wildman–Crippen LogP) is 0.974. The third kappa shape index (κ3) is 2.48. The van der Waals surface area contributed by atoms with Gasteiger partial charge in [0.1, 0.15) is 12.2 Å². The van der Waals surface area contributed by atoms with Gasteiger partial charge in [0.15, 0.2) is 0 Å². The standard InChI is InChI=1S/C13H16O4/c1-8-7-10(12(15)11(8)14)17-13(16)9-5-3-2-4-6-9/h2-6,8,10-12,14-15H,7H2,1H3/t8-,10-,11-,12+/m1/s1. The van der Waals surface area contributed by atoms with E-state index in [9.17, 15) is 15.0 Å². The highest BCUT2D eigenvalue weighted by atomic mass is 16.6. The van der Waals surface area contributed by atoms with E-state index in [-0.39, 0.29) is 5.92 Å². The van der Waals surface area contributed by atoms with Crippen molar-refractivity contribution in [2.45, 2.75) is 31.7 Å². The third-order valence-corrected chi connectivity index (χ3v) is 3.19. The zero-order valence-electron chi connectivity index (χ0n) is 9.61. The minimum atomic E-state index is -0.988. The van der Waals surface area contributed by atoms with Crippen LogP contribution in [-0.4, -0.2) is 34.5 Å². The Balaban J connectivity index is 2.01. The number of carbonyl (C=O) groups excluding carboxylic acids is 1. The maximum atomic E-state index is 11.7. The average molecular weight is 236 g/mol. The summed E-state index contributed by atoms with van der Waals surface area (Å²) in [4.78, 5) is 11.7. The molecule has 0 spiro atoms. The lowest BCUT2D eigenvalue weighted by molar-refractivity contribution is -0.0397. The Hall–Kier alpha value is -1.39. The molecule has 0 heterocycles. The van der Waals surface area contributed by atoms with Crippen molar-refractivity contribution in [1.29, 1.82) is 0 Å². The van der Waals surface area contributed by atoms with Gasteiger partial charge in [0, 0.05) is 0 Å². The number of esters is 1. The summed E-state index contributed by atoms with van der Waals surface area (Å²) in [6.07, 6.45) is -1.94. The molecule has 1 aliphatic rings. The molecular weight excluding hydrogens is 220 g/mol. The molecule has 1 saturated carbocycles. The number of hydrogen-bond donors (Lipinski definition) is 2. The van der Waals surface area contributed by atoms with E-state index in [1.165, 1.54) is 0 Å². The van der Waals surface area contributed by atoms with E-state index < -0.39 is 24.3 Å². The van der Waals surface area contributed by atoms with Crippen LogP contribution in [0.4, 0.5) is 0 Å². The first-order valence-corrected chi connectivity index (χ1v) is 5.71. The highest BCUT2D eigenvalue weighted by molar-refractivity contribution is 5.89. The number of benzene rings is 1. The van der Waals surface area contributed by atoms with Crippen molar-refractivity contribution < 1.29 is 19.7 Å². The summed E-state index contributed by atoms with van der Waals surface area (Å²) in [6, 6.07) is 8.62. The molecule has 2 N–H and O–H groups in total. The molecule has 1 aromatic carbocycles. The van der Waals surface area contributed by atoms with Crippen molar-refractivity contribution in [3.8, 4) is 0 Å². The zero-order valence-corrected chi connectivity index (χ0v) is 9.61. The quantitative estimate of drug-likeness (QED) is 0.751. The van der Waals surface area contributed by atoms with Crippen LogP contribution in [0.15, 0.2) is 30.3 Å². The third-order valence-electron chi connectivity index (χ3n) is 3.19. The maximum Gasteiger partial charge on any atom is 0.338 e. The smallest absolute Gasteiger partial charge is 0.338 e. The molecule has 1 fully saturated rings. The molecule has 17 heavy (non-hydrogen) atoms. The summed E-state index contributed by atoms with van der Waals surface area (Å²) in [7, 11) is 0. The molecule has 0 saturated heterocycles. The van der Waals surface area contributed by atoms with Crippen molar-refractivity contribution >= 4 is 5.97 Å². The van der Waals surface area contributed by atoms with Gasteiger partial charge in [0.05, 0.1) is 11.7 Å². The number of hydrogen-bond acceptors (Lipinski definition) is 4. The van der Waals surface area contributed by atoms with Crippen LogP contribution in [0.5, 0.6) is 0 Å². The van der Waals surface area contributed by atoms with Crippen molar-refractivity contribution in [3.05, 3.63) is 35.9 Å². The summed E-state index contributed by atoms with van der Waals surface area (Å²) in [5.74, 6) is -0.519. The topological polar surface area (TPSA) is 66.8 Å². The van der Waals surface area contributed by atoms with E-state index in [0.717, 1.165) is 0 Å². The van der Waals surface area contributed by atoms with Crippen LogP contribution in [0.2, 0.25) is 0 Å². The van der Waals surface area contributed by atoms with E-state index in [1.54, 1.807) is 24.3 Å². The molecule has 0 unspecified atom stereocenters. The fraction of sp³-hybridized carbons (Fsp3) is 0.462. The molecule has 1 aliphatic carbocycles. The normalized spacial score (nSPS) is 32.4. The molecule has 4 heteroatoms. The first-order valence-electron chi connectivity index (χ1n) is 5.71. The van der Waals surface area contributed by atoms with E-state index in [4.69, 9.17) is 4.74 Å². The van der Waals surface area contributed by atoms with Gasteiger partial charge in [-0.25, -0.2) is 4.79 Å². The Labute approximate surface area is 99.8 Å². The minimum absolute atomic E-state index is 0.0569. The molecule has 1 aromatic rings. The average Bonchev–Trinajstić information content (AvgIpc) is 2.58. The lowest BCUT2D eigenvalue weighted by Crippen LogP contribution is -2.33. The molecule has 2 rings (SSSR count). The maximum absolute atomic E-state index is 11.7. The Morgan fingerprint density at radius 1 is 1.24 bits per heavy atom. The van der Waals surface area contributed by atoms with E-state index in [1.807, 2.05) is 13.0 Å². The van der Waals surface area contributed by atoms with Crippen molar-refractivity contribution in [3.63, 3.8) is 0 Å². The number of aliphatic hydroxyl groups excluding tert-OH is 2. The van der Waals surface area contributed by atoms with Crippen LogP contribution in [0.3, 0.4) is 0 Å². The minimum Gasteiger partial charge on any atom is -0.456 e. The number of carbonyl (C=O) groups is 1. The lowest BCUT2D eigenvalue weighted by atomic mass is 10.1. The van der Waals surface area contributed by atoms with E-state index in [0.29, 0.717) is 12.0 Å². The Kier molecular flexibility index (Phi) is 3.45. The van der Waals surface area contributed by atoms with Crippen LogP contribution in [-0.2, 0) is 4.74 Å². The molecule has 0 bridgehead atoms.